The van der Waals surface area contributed by atoms with E-state index in [1.54, 1.807) is 0 Å². The lowest BCUT2D eigenvalue weighted by Crippen LogP contribution is -1.88. The van der Waals surface area contributed by atoms with Gasteiger partial charge < -0.3 is 3.07 Å². The highest BCUT2D eigenvalue weighted by molar-refractivity contribution is 14.1. The van der Waals surface area contributed by atoms with Gasteiger partial charge in [-0.25, -0.2) is 0 Å². The maximum atomic E-state index is 4.72. The summed E-state index contributed by atoms with van der Waals surface area (Å²) in [5.41, 5.74) is 0. The van der Waals surface area contributed by atoms with Crippen molar-refractivity contribution in [2.75, 3.05) is 0 Å². The van der Waals surface area contributed by atoms with Crippen molar-refractivity contribution in [1.82, 2.24) is 0 Å². The molecule has 3 heteroatoms. The lowest BCUT2D eigenvalue weighted by atomic mass is 10.5. The third-order valence-corrected chi connectivity index (χ3v) is 1.20. The monoisotopic (exact) mass is 218 g/mol. The average Bonchev–Trinajstić information content (AvgIpc) is 1.38. The quantitative estimate of drug-likeness (QED) is 0.454. The summed E-state index contributed by atoms with van der Waals surface area (Å²) in [7, 11) is 0. The first-order valence-corrected chi connectivity index (χ1v) is 2.43. The van der Waals surface area contributed by atoms with E-state index in [2.05, 4.69) is 0 Å². The zero-order chi connectivity index (χ0) is 4.28. The fourth-order valence-corrected chi connectivity index (χ4v) is 0. The highest BCUT2D eigenvalue weighted by Crippen LogP contribution is 1.92. The van der Waals surface area contributed by atoms with E-state index in [0.717, 1.165) is 0 Å². The standard InChI is InChI=1S/C3H7IO.H4Si/c1-3(2)5-4;/h3H,1-2H3;1H4. The van der Waals surface area contributed by atoms with Gasteiger partial charge in [0.2, 0.25) is 0 Å². The van der Waals surface area contributed by atoms with Crippen LogP contribution in [0.3, 0.4) is 0 Å². The van der Waals surface area contributed by atoms with Crippen LogP contribution in [0.25, 0.3) is 0 Å². The second-order valence-corrected chi connectivity index (χ2v) is 1.65. The second-order valence-electron chi connectivity index (χ2n) is 1.14. The van der Waals surface area contributed by atoms with Gasteiger partial charge in [-0.05, 0) is 24.8 Å². The Bertz CT molecular complexity index is 24.8. The van der Waals surface area contributed by atoms with E-state index in [4.69, 9.17) is 3.07 Å². The molecule has 0 rings (SSSR count). The van der Waals surface area contributed by atoms with Crippen LogP contribution in [0.5, 0.6) is 0 Å². The van der Waals surface area contributed by atoms with Crippen LogP contribution in [0.2, 0.25) is 0 Å². The molecule has 0 spiro atoms. The molecule has 0 fully saturated rings. The summed E-state index contributed by atoms with van der Waals surface area (Å²) in [6.45, 7) is 3.98. The van der Waals surface area contributed by atoms with Gasteiger partial charge in [0.1, 0.15) is 23.0 Å². The maximum absolute atomic E-state index is 4.72. The van der Waals surface area contributed by atoms with E-state index in [9.17, 15) is 0 Å². The smallest absolute Gasteiger partial charge is 0.109 e. The Balaban J connectivity index is 0. The molecule has 1 nitrogen and oxygen atoms in total. The molecular weight excluding hydrogens is 207 g/mol. The van der Waals surface area contributed by atoms with Crippen LogP contribution in [0.4, 0.5) is 0 Å². The van der Waals surface area contributed by atoms with E-state index in [-0.39, 0.29) is 11.0 Å². The van der Waals surface area contributed by atoms with Gasteiger partial charge in [-0.3, -0.25) is 0 Å². The zero-order valence-electron chi connectivity index (χ0n) is 3.36. The molecule has 0 aromatic carbocycles. The van der Waals surface area contributed by atoms with Crippen molar-refractivity contribution in [3.8, 4) is 0 Å². The molecule has 0 heterocycles. The van der Waals surface area contributed by atoms with Crippen molar-refractivity contribution in [3.05, 3.63) is 0 Å². The van der Waals surface area contributed by atoms with E-state index < -0.39 is 0 Å². The van der Waals surface area contributed by atoms with Crippen LogP contribution in [-0.4, -0.2) is 17.1 Å². The van der Waals surface area contributed by atoms with Gasteiger partial charge in [-0.1, -0.05) is 0 Å². The highest BCUT2D eigenvalue weighted by atomic mass is 127. The second kappa shape index (κ2) is 5.91. The number of halogens is 1. The van der Waals surface area contributed by atoms with Gasteiger partial charge in [0.15, 0.2) is 0 Å². The Morgan fingerprint density at radius 3 is 1.67 bits per heavy atom. The van der Waals surface area contributed by atoms with Crippen molar-refractivity contribution in [2.24, 2.45) is 0 Å². The normalized spacial score (nSPS) is 8.00. The molecular formula is C3H11IOSi. The van der Waals surface area contributed by atoms with Crippen LogP contribution in [-0.2, 0) is 3.07 Å². The van der Waals surface area contributed by atoms with Gasteiger partial charge >= 0.3 is 0 Å². The van der Waals surface area contributed by atoms with Crippen molar-refractivity contribution < 1.29 is 3.07 Å². The molecule has 0 N–H and O–H groups in total. The lowest BCUT2D eigenvalue weighted by Gasteiger charge is -1.91. The van der Waals surface area contributed by atoms with Crippen LogP contribution < -0.4 is 0 Å². The molecule has 6 heavy (non-hydrogen) atoms. The molecule has 0 bridgehead atoms. The van der Waals surface area contributed by atoms with Crippen LogP contribution in [0.1, 0.15) is 13.8 Å². The first kappa shape index (κ1) is 10.0. The molecule has 0 atom stereocenters. The molecule has 0 saturated carbocycles. The van der Waals surface area contributed by atoms with Crippen molar-refractivity contribution in [1.29, 1.82) is 0 Å². The topological polar surface area (TPSA) is 9.23 Å². The molecule has 0 aromatic rings. The minimum absolute atomic E-state index is 0. The molecule has 0 amide bonds. The highest BCUT2D eigenvalue weighted by Gasteiger charge is 1.81. The molecule has 0 aliphatic carbocycles. The first-order chi connectivity index (χ1) is 2.27. The van der Waals surface area contributed by atoms with Crippen molar-refractivity contribution in [2.45, 2.75) is 20.0 Å². The summed E-state index contributed by atoms with van der Waals surface area (Å²) in [5.74, 6) is 0. The fourth-order valence-electron chi connectivity index (χ4n) is 0. The minimum Gasteiger partial charge on any atom is -0.313 e. The van der Waals surface area contributed by atoms with Gasteiger partial charge in [0.25, 0.3) is 0 Å². The summed E-state index contributed by atoms with van der Waals surface area (Å²) in [6.07, 6.45) is 0.371. The third-order valence-electron chi connectivity index (χ3n) is 0.178. The van der Waals surface area contributed by atoms with Crippen molar-refractivity contribution >= 4 is 34.0 Å². The molecule has 0 aliphatic heterocycles. The van der Waals surface area contributed by atoms with Gasteiger partial charge in [-0.15, -0.1) is 0 Å². The summed E-state index contributed by atoms with van der Waals surface area (Å²) in [4.78, 5) is 0. The molecule has 0 aliphatic rings. The maximum Gasteiger partial charge on any atom is 0.109 e. The Kier molecular flexibility index (Phi) is 9.85. The van der Waals surface area contributed by atoms with Crippen LogP contribution >= 0.6 is 23.0 Å². The molecule has 0 unspecified atom stereocenters. The number of hydrogen-bond donors (Lipinski definition) is 0. The SMILES string of the molecule is CC(C)OI.[SiH4]. The molecule has 0 radical (unpaired) electrons. The van der Waals surface area contributed by atoms with Crippen LogP contribution in [0.15, 0.2) is 0 Å². The summed E-state index contributed by atoms with van der Waals surface area (Å²) in [5, 5.41) is 0. The predicted octanol–water partition coefficient (Wildman–Crippen LogP) is 0.310. The van der Waals surface area contributed by atoms with Gasteiger partial charge in [0, 0.05) is 0 Å². The predicted molar refractivity (Wildman–Crippen MR) is 41.6 cm³/mol. The molecule has 0 aromatic heterocycles. The van der Waals surface area contributed by atoms with Crippen LogP contribution in [0, 0.1) is 0 Å². The van der Waals surface area contributed by atoms with E-state index in [0.29, 0.717) is 6.10 Å². The lowest BCUT2D eigenvalue weighted by molar-refractivity contribution is 0.335. The van der Waals surface area contributed by atoms with Gasteiger partial charge in [-0.2, -0.15) is 0 Å². The van der Waals surface area contributed by atoms with Gasteiger partial charge in [0.05, 0.1) is 6.10 Å². The van der Waals surface area contributed by atoms with Crippen molar-refractivity contribution in [3.63, 3.8) is 0 Å². The fraction of sp³-hybridized carbons (Fsp3) is 1.00. The zero-order valence-corrected chi connectivity index (χ0v) is 5.52. The number of hydrogen-bond acceptors (Lipinski definition) is 1. The van der Waals surface area contributed by atoms with E-state index in [1.165, 1.54) is 0 Å². The Labute approximate surface area is 57.2 Å². The summed E-state index contributed by atoms with van der Waals surface area (Å²) in [6, 6.07) is 0. The third kappa shape index (κ3) is 8.86. The Morgan fingerprint density at radius 1 is 1.50 bits per heavy atom. The first-order valence-electron chi connectivity index (χ1n) is 1.54. The van der Waals surface area contributed by atoms with E-state index in [1.807, 2.05) is 36.9 Å². The van der Waals surface area contributed by atoms with E-state index >= 15 is 0 Å². The average molecular weight is 218 g/mol. The minimum atomic E-state index is 0. The molecule has 40 valence electrons. The summed E-state index contributed by atoms with van der Waals surface area (Å²) < 4.78 is 4.72. The Morgan fingerprint density at radius 2 is 1.67 bits per heavy atom. The number of rotatable bonds is 1. The Hall–Kier alpha value is 0.907. The molecule has 0 saturated heterocycles. The summed E-state index contributed by atoms with van der Waals surface area (Å²) >= 11 is 1.88. The largest absolute Gasteiger partial charge is 0.313 e.